The Kier molecular flexibility index (Phi) is 4.98. The van der Waals surface area contributed by atoms with E-state index in [4.69, 9.17) is 0 Å². The van der Waals surface area contributed by atoms with Crippen molar-refractivity contribution in [2.24, 2.45) is 0 Å². The molecule has 0 atom stereocenters. The minimum Gasteiger partial charge on any atom is -0.380 e. The lowest BCUT2D eigenvalue weighted by molar-refractivity contribution is 0.759. The Bertz CT molecular complexity index is 2210. The molecule has 1 aromatic heterocycles. The average molecular weight is 554 g/mol. The van der Waals surface area contributed by atoms with Crippen molar-refractivity contribution in [3.05, 3.63) is 139 Å². The van der Waals surface area contributed by atoms with Crippen LogP contribution < -0.4 is 10.3 Å². The number of fused-ring (bicyclic) bond motifs is 11. The molecule has 2 aliphatic rings. The second kappa shape index (κ2) is 8.70. The van der Waals surface area contributed by atoms with Gasteiger partial charge in [0.15, 0.2) is 0 Å². The lowest BCUT2D eigenvalue weighted by Gasteiger charge is -2.38. The molecule has 6 aromatic carbocycles. The fourth-order valence-electron chi connectivity index (χ4n) is 7.58. The minimum atomic E-state index is -0.0603. The van der Waals surface area contributed by atoms with Crippen molar-refractivity contribution in [3.8, 4) is 33.4 Å². The van der Waals surface area contributed by atoms with Gasteiger partial charge >= 0.3 is 6.85 Å². The van der Waals surface area contributed by atoms with Gasteiger partial charge in [-0.1, -0.05) is 117 Å². The van der Waals surface area contributed by atoms with Crippen LogP contribution in [0.4, 0.5) is 11.4 Å². The third-order valence-corrected chi connectivity index (χ3v) is 10.7. The van der Waals surface area contributed by atoms with Gasteiger partial charge in [0.25, 0.3) is 0 Å². The Morgan fingerprint density at radius 3 is 2.17 bits per heavy atom. The Morgan fingerprint density at radius 1 is 0.548 bits per heavy atom. The fraction of sp³-hybridized carbons (Fsp3) is 0.0769. The zero-order chi connectivity index (χ0) is 28.0. The summed E-state index contributed by atoms with van der Waals surface area (Å²) in [7, 11) is 0. The molecule has 3 heterocycles. The minimum absolute atomic E-state index is 0.0603. The second-order valence-corrected chi connectivity index (χ2v) is 13.2. The molecular formula is C39H28BNS. The summed E-state index contributed by atoms with van der Waals surface area (Å²) in [5, 5.41) is 2.63. The van der Waals surface area contributed by atoms with Crippen LogP contribution in [0.3, 0.4) is 0 Å². The Labute approximate surface area is 250 Å². The predicted molar refractivity (Wildman–Crippen MR) is 183 cm³/mol. The quantitative estimate of drug-likeness (QED) is 0.193. The summed E-state index contributed by atoms with van der Waals surface area (Å²) in [6.07, 6.45) is 0. The maximum Gasteiger partial charge on any atom is 0.304 e. The van der Waals surface area contributed by atoms with Crippen molar-refractivity contribution >= 4 is 55.2 Å². The highest BCUT2D eigenvalue weighted by molar-refractivity contribution is 7.26. The normalized spacial score (nSPS) is 14.5. The van der Waals surface area contributed by atoms with Crippen LogP contribution in [0.2, 0.25) is 0 Å². The van der Waals surface area contributed by atoms with Crippen molar-refractivity contribution in [2.45, 2.75) is 19.2 Å². The Morgan fingerprint density at radius 2 is 1.24 bits per heavy atom. The number of benzene rings is 6. The highest BCUT2D eigenvalue weighted by Gasteiger charge is 2.52. The summed E-state index contributed by atoms with van der Waals surface area (Å²) in [5.74, 6) is 0. The van der Waals surface area contributed by atoms with E-state index in [0.29, 0.717) is 0 Å². The molecule has 0 N–H and O–H groups in total. The molecule has 0 bridgehead atoms. The van der Waals surface area contributed by atoms with Gasteiger partial charge in [-0.05, 0) is 74.5 Å². The monoisotopic (exact) mass is 553 g/mol. The third kappa shape index (κ3) is 3.26. The van der Waals surface area contributed by atoms with Gasteiger partial charge in [-0.15, -0.1) is 11.3 Å². The number of thiophene rings is 1. The predicted octanol–water partition coefficient (Wildman–Crippen LogP) is 10.2. The van der Waals surface area contributed by atoms with E-state index in [1.165, 1.54) is 76.0 Å². The molecule has 3 heteroatoms. The molecule has 9 rings (SSSR count). The molecule has 0 amide bonds. The second-order valence-electron chi connectivity index (χ2n) is 12.2. The highest BCUT2D eigenvalue weighted by Crippen LogP contribution is 2.52. The van der Waals surface area contributed by atoms with E-state index < -0.39 is 0 Å². The van der Waals surface area contributed by atoms with Crippen LogP contribution in [-0.2, 0) is 5.31 Å². The van der Waals surface area contributed by atoms with Crippen LogP contribution in [0.25, 0.3) is 53.6 Å². The third-order valence-electron chi connectivity index (χ3n) is 9.51. The lowest BCUT2D eigenvalue weighted by Crippen LogP contribution is -2.55. The first kappa shape index (κ1) is 24.0. The van der Waals surface area contributed by atoms with E-state index in [-0.39, 0.29) is 12.2 Å². The van der Waals surface area contributed by atoms with Gasteiger partial charge in [-0.2, -0.15) is 0 Å². The van der Waals surface area contributed by atoms with Crippen molar-refractivity contribution in [3.63, 3.8) is 0 Å². The topological polar surface area (TPSA) is 3.24 Å². The molecule has 2 aliphatic heterocycles. The van der Waals surface area contributed by atoms with Crippen LogP contribution in [-0.4, -0.2) is 6.85 Å². The number of anilines is 2. The van der Waals surface area contributed by atoms with E-state index in [9.17, 15) is 0 Å². The maximum absolute atomic E-state index is 2.59. The summed E-state index contributed by atoms with van der Waals surface area (Å²) in [5.41, 5.74) is 13.2. The van der Waals surface area contributed by atoms with Gasteiger partial charge < -0.3 is 4.81 Å². The van der Waals surface area contributed by atoms with Crippen molar-refractivity contribution in [1.29, 1.82) is 0 Å². The van der Waals surface area contributed by atoms with Crippen molar-refractivity contribution in [2.75, 3.05) is 4.81 Å². The molecule has 0 unspecified atom stereocenters. The van der Waals surface area contributed by atoms with Crippen molar-refractivity contribution in [1.82, 2.24) is 0 Å². The SMILES string of the molecule is CC1(C)B2c3ccccc3-c3ccccc3N2c2ccc(-c3cccc(-c4cccc5c4sc4ccccc45)c3)cc21. The average Bonchev–Trinajstić information content (AvgIpc) is 3.53. The first-order valence-electron chi connectivity index (χ1n) is 14.7. The van der Waals surface area contributed by atoms with E-state index in [0.717, 1.165) is 0 Å². The van der Waals surface area contributed by atoms with Crippen LogP contribution in [0.5, 0.6) is 0 Å². The lowest BCUT2D eigenvalue weighted by atomic mass is 9.37. The number of nitrogens with zero attached hydrogens (tertiary/aromatic N) is 1. The van der Waals surface area contributed by atoms with Gasteiger partial charge in [0, 0.05) is 37.1 Å². The number of para-hydroxylation sites is 1. The molecule has 0 radical (unpaired) electrons. The number of hydrogen-bond acceptors (Lipinski definition) is 2. The zero-order valence-corrected chi connectivity index (χ0v) is 24.5. The number of rotatable bonds is 2. The van der Waals surface area contributed by atoms with Gasteiger partial charge in [0.05, 0.1) is 0 Å². The van der Waals surface area contributed by atoms with E-state index in [1.54, 1.807) is 0 Å². The van der Waals surface area contributed by atoms with E-state index >= 15 is 0 Å². The molecule has 198 valence electrons. The van der Waals surface area contributed by atoms with Crippen LogP contribution in [0.1, 0.15) is 19.4 Å². The fourth-order valence-corrected chi connectivity index (χ4v) is 8.82. The highest BCUT2D eigenvalue weighted by atomic mass is 32.1. The van der Waals surface area contributed by atoms with Gasteiger partial charge in [-0.25, -0.2) is 0 Å². The molecule has 0 spiro atoms. The smallest absolute Gasteiger partial charge is 0.304 e. The summed E-state index contributed by atoms with van der Waals surface area (Å²) in [6, 6.07) is 49.6. The Hall–Kier alpha value is -4.60. The standard InChI is InChI=1S/C39H28BNS/c1-39(2)33-24-26(21-22-36(33)41-35-19-7-4-14-30(35)29-13-3-6-18-34(29)40(39)41)25-11-9-12-27(23-25)28-16-10-17-32-31-15-5-8-20-37(31)42-38(28)32/h3-24H,1-2H3. The summed E-state index contributed by atoms with van der Waals surface area (Å²) >= 11 is 1.90. The largest absolute Gasteiger partial charge is 0.380 e. The molecule has 1 nitrogen and oxygen atoms in total. The summed E-state index contributed by atoms with van der Waals surface area (Å²) in [6.45, 7) is 5.10. The van der Waals surface area contributed by atoms with E-state index in [2.05, 4.69) is 152 Å². The van der Waals surface area contributed by atoms with E-state index in [1.807, 2.05) is 11.3 Å². The molecule has 7 aromatic rings. The maximum atomic E-state index is 2.59. The first-order chi connectivity index (χ1) is 20.6. The molecule has 0 fully saturated rings. The molecule has 0 saturated carbocycles. The van der Waals surface area contributed by atoms with Crippen LogP contribution in [0.15, 0.2) is 133 Å². The summed E-state index contributed by atoms with van der Waals surface area (Å²) < 4.78 is 2.71. The molecular weight excluding hydrogens is 525 g/mol. The number of hydrogen-bond donors (Lipinski definition) is 0. The van der Waals surface area contributed by atoms with Crippen molar-refractivity contribution < 1.29 is 0 Å². The van der Waals surface area contributed by atoms with Crippen LogP contribution >= 0.6 is 11.3 Å². The van der Waals surface area contributed by atoms with Crippen LogP contribution in [0, 0.1) is 0 Å². The molecule has 0 aliphatic carbocycles. The molecule has 0 saturated heterocycles. The first-order valence-corrected chi connectivity index (χ1v) is 15.5. The van der Waals surface area contributed by atoms with Gasteiger partial charge in [-0.3, -0.25) is 0 Å². The zero-order valence-electron chi connectivity index (χ0n) is 23.6. The van der Waals surface area contributed by atoms with Gasteiger partial charge in [0.1, 0.15) is 0 Å². The Balaban J connectivity index is 1.19. The van der Waals surface area contributed by atoms with Gasteiger partial charge in [0.2, 0.25) is 0 Å². The summed E-state index contributed by atoms with van der Waals surface area (Å²) in [4.78, 5) is 2.59. The molecule has 42 heavy (non-hydrogen) atoms.